The van der Waals surface area contributed by atoms with Crippen LogP contribution in [0, 0.1) is 0 Å². The molecule has 188 valence electrons. The topological polar surface area (TPSA) is 52.0 Å². The molecule has 0 fully saturated rings. The first-order valence-corrected chi connectivity index (χ1v) is 13.1. The van der Waals surface area contributed by atoms with Crippen molar-refractivity contribution in [1.82, 2.24) is 4.98 Å². The highest BCUT2D eigenvalue weighted by atomic mass is 16.3. The van der Waals surface area contributed by atoms with Crippen molar-refractivity contribution in [2.45, 2.75) is 6.92 Å². The van der Waals surface area contributed by atoms with E-state index in [-0.39, 0.29) is 0 Å². The number of fused-ring (bicyclic) bond motifs is 1. The lowest BCUT2D eigenvalue weighted by molar-refractivity contribution is 0.633. The van der Waals surface area contributed by atoms with Gasteiger partial charge in [0.15, 0.2) is 0 Å². The fourth-order valence-electron chi connectivity index (χ4n) is 5.10. The number of nitrogen functional groups attached to an aromatic ring is 1. The number of allylic oxidation sites excluding steroid dienone is 3. The van der Waals surface area contributed by atoms with E-state index >= 15 is 0 Å². The second-order valence-electron chi connectivity index (χ2n) is 9.31. The Morgan fingerprint density at radius 3 is 2.13 bits per heavy atom. The first kappa shape index (κ1) is 24.2. The molecule has 0 atom stereocenters. The summed E-state index contributed by atoms with van der Waals surface area (Å²) in [7, 11) is 0. The predicted octanol–water partition coefficient (Wildman–Crippen LogP) is 9.42. The van der Waals surface area contributed by atoms with Gasteiger partial charge >= 0.3 is 0 Å². The third-order valence-corrected chi connectivity index (χ3v) is 6.87. The summed E-state index contributed by atoms with van der Waals surface area (Å²) < 4.78 is 6.80. The molecular weight excluding hydrogens is 476 g/mol. The third-order valence-electron chi connectivity index (χ3n) is 6.87. The van der Waals surface area contributed by atoms with Crippen molar-refractivity contribution in [3.63, 3.8) is 0 Å². The number of aromatic nitrogens is 1. The van der Waals surface area contributed by atoms with E-state index in [0.717, 1.165) is 61.4 Å². The molecule has 3 heteroatoms. The van der Waals surface area contributed by atoms with Gasteiger partial charge in [-0.25, -0.2) is 0 Å². The highest BCUT2D eigenvalue weighted by Gasteiger charge is 2.23. The molecule has 0 aliphatic rings. The van der Waals surface area contributed by atoms with Crippen LogP contribution in [-0.2, 0) is 0 Å². The molecule has 3 nitrogen and oxygen atoms in total. The molecule has 0 aliphatic carbocycles. The smallest absolute Gasteiger partial charge is 0.145 e. The summed E-state index contributed by atoms with van der Waals surface area (Å²) in [5.41, 5.74) is 16.2. The zero-order valence-electron chi connectivity index (χ0n) is 21.7. The van der Waals surface area contributed by atoms with E-state index in [1.165, 1.54) is 0 Å². The normalized spacial score (nSPS) is 11.9. The summed E-state index contributed by atoms with van der Waals surface area (Å²) in [4.78, 5) is 4.67. The van der Waals surface area contributed by atoms with Crippen LogP contribution < -0.4 is 5.73 Å². The number of anilines is 1. The molecule has 0 unspecified atom stereocenters. The molecule has 0 saturated heterocycles. The number of furan rings is 1. The van der Waals surface area contributed by atoms with Gasteiger partial charge < -0.3 is 10.2 Å². The van der Waals surface area contributed by atoms with Gasteiger partial charge in [0.2, 0.25) is 0 Å². The van der Waals surface area contributed by atoms with Crippen LogP contribution in [0.3, 0.4) is 0 Å². The van der Waals surface area contributed by atoms with Crippen molar-refractivity contribution in [2.24, 2.45) is 0 Å². The number of rotatable bonds is 6. The molecule has 2 N–H and O–H groups in total. The maximum Gasteiger partial charge on any atom is 0.145 e. The van der Waals surface area contributed by atoms with Crippen LogP contribution in [0.25, 0.3) is 50.1 Å². The van der Waals surface area contributed by atoms with Gasteiger partial charge in [-0.1, -0.05) is 109 Å². The van der Waals surface area contributed by atoms with Crippen LogP contribution in [0.1, 0.15) is 18.2 Å². The highest BCUT2D eigenvalue weighted by Crippen LogP contribution is 2.47. The van der Waals surface area contributed by atoms with Crippen LogP contribution >= 0.6 is 0 Å². The second kappa shape index (κ2) is 10.7. The molecule has 4 aromatic carbocycles. The molecular formula is C36H28N2O. The molecule has 0 bridgehead atoms. The molecule has 0 spiro atoms. The Kier molecular flexibility index (Phi) is 6.63. The first-order chi connectivity index (χ1) is 19.3. The summed E-state index contributed by atoms with van der Waals surface area (Å²) in [6.07, 6.45) is 7.98. The standard InChI is InChI=1S/C36H28N2O/c1-2-3-18-28(32-21-12-13-24-38-32)27-19-10-11-20-29(27)34-31(37)23-22-30-33(25-14-6-4-7-15-25)35(39-36(30)34)26-16-8-5-9-17-26/h2-24H,37H2,1H3/b3-2-,28-18?. The van der Waals surface area contributed by atoms with E-state index in [9.17, 15) is 0 Å². The van der Waals surface area contributed by atoms with Crippen molar-refractivity contribution in [2.75, 3.05) is 5.73 Å². The average Bonchev–Trinajstić information content (AvgIpc) is 3.39. The van der Waals surface area contributed by atoms with Gasteiger partial charge in [-0.15, -0.1) is 0 Å². The van der Waals surface area contributed by atoms with Gasteiger partial charge in [-0.3, -0.25) is 4.98 Å². The zero-order valence-corrected chi connectivity index (χ0v) is 21.7. The van der Waals surface area contributed by atoms with Crippen LogP contribution in [-0.4, -0.2) is 4.98 Å². The van der Waals surface area contributed by atoms with E-state index in [2.05, 4.69) is 71.7 Å². The van der Waals surface area contributed by atoms with Gasteiger partial charge in [0.1, 0.15) is 11.3 Å². The minimum absolute atomic E-state index is 0.661. The van der Waals surface area contributed by atoms with Gasteiger partial charge in [-0.2, -0.15) is 0 Å². The van der Waals surface area contributed by atoms with Crippen molar-refractivity contribution in [3.05, 3.63) is 151 Å². The molecule has 0 amide bonds. The molecule has 39 heavy (non-hydrogen) atoms. The fourth-order valence-corrected chi connectivity index (χ4v) is 5.10. The fraction of sp³-hybridized carbons (Fsp3) is 0.0278. The Bertz CT molecular complexity index is 1800. The maximum atomic E-state index is 6.80. The monoisotopic (exact) mass is 504 g/mol. The summed E-state index contributed by atoms with van der Waals surface area (Å²) in [6.45, 7) is 2.01. The maximum absolute atomic E-state index is 6.80. The molecule has 2 heterocycles. The number of hydrogen-bond acceptors (Lipinski definition) is 3. The largest absolute Gasteiger partial charge is 0.455 e. The van der Waals surface area contributed by atoms with Crippen LogP contribution in [0.5, 0.6) is 0 Å². The Morgan fingerprint density at radius 1 is 0.718 bits per heavy atom. The lowest BCUT2D eigenvalue weighted by Crippen LogP contribution is -1.97. The Balaban J connectivity index is 1.67. The molecule has 0 aliphatic heterocycles. The lowest BCUT2D eigenvalue weighted by Gasteiger charge is -2.15. The van der Waals surface area contributed by atoms with E-state index in [4.69, 9.17) is 10.2 Å². The van der Waals surface area contributed by atoms with Gasteiger partial charge in [0, 0.05) is 39.5 Å². The zero-order chi connectivity index (χ0) is 26.6. The third kappa shape index (κ3) is 4.55. The summed E-state index contributed by atoms with van der Waals surface area (Å²) >= 11 is 0. The predicted molar refractivity (Wildman–Crippen MR) is 163 cm³/mol. The van der Waals surface area contributed by atoms with Crippen molar-refractivity contribution in [1.29, 1.82) is 0 Å². The van der Waals surface area contributed by atoms with E-state index in [0.29, 0.717) is 5.69 Å². The van der Waals surface area contributed by atoms with Crippen LogP contribution in [0.2, 0.25) is 0 Å². The summed E-state index contributed by atoms with van der Waals surface area (Å²) in [5, 5.41) is 1.02. The molecule has 0 saturated carbocycles. The first-order valence-electron chi connectivity index (χ1n) is 13.1. The summed E-state index contributed by atoms with van der Waals surface area (Å²) in [5.74, 6) is 0.829. The molecule has 6 rings (SSSR count). The number of nitrogens with zero attached hydrogens (tertiary/aromatic N) is 1. The minimum Gasteiger partial charge on any atom is -0.455 e. The van der Waals surface area contributed by atoms with E-state index < -0.39 is 0 Å². The Hall–Kier alpha value is -5.15. The molecule has 6 aromatic rings. The van der Waals surface area contributed by atoms with E-state index in [1.54, 1.807) is 0 Å². The number of nitrogens with two attached hydrogens (primary N) is 1. The quantitative estimate of drug-likeness (QED) is 0.182. The minimum atomic E-state index is 0.661. The second-order valence-corrected chi connectivity index (χ2v) is 9.31. The lowest BCUT2D eigenvalue weighted by atomic mass is 9.90. The summed E-state index contributed by atoms with van der Waals surface area (Å²) in [6, 6.07) is 39.0. The van der Waals surface area contributed by atoms with Gasteiger partial charge in [0.25, 0.3) is 0 Å². The number of pyridine rings is 1. The molecule has 0 radical (unpaired) electrons. The highest BCUT2D eigenvalue weighted by molar-refractivity contribution is 6.10. The van der Waals surface area contributed by atoms with Crippen molar-refractivity contribution in [3.8, 4) is 33.6 Å². The SMILES string of the molecule is C/C=C\C=C(c1ccccn1)c1ccccc1-c1c(N)ccc2c(-c3ccccc3)c(-c3ccccc3)oc12. The van der Waals surface area contributed by atoms with Crippen molar-refractivity contribution < 1.29 is 4.42 Å². The number of benzene rings is 4. The van der Waals surface area contributed by atoms with Crippen LogP contribution in [0.4, 0.5) is 5.69 Å². The Labute approximate surface area is 228 Å². The number of hydrogen-bond donors (Lipinski definition) is 1. The van der Waals surface area contributed by atoms with Crippen LogP contribution in [0.15, 0.2) is 144 Å². The molecule has 2 aromatic heterocycles. The van der Waals surface area contributed by atoms with Gasteiger partial charge in [-0.05, 0) is 47.9 Å². The Morgan fingerprint density at radius 2 is 1.41 bits per heavy atom. The van der Waals surface area contributed by atoms with E-state index in [1.807, 2.05) is 79.9 Å². The van der Waals surface area contributed by atoms with Crippen molar-refractivity contribution >= 4 is 22.2 Å². The van der Waals surface area contributed by atoms with Gasteiger partial charge in [0.05, 0.1) is 5.69 Å². The average molecular weight is 505 g/mol.